The zero-order chi connectivity index (χ0) is 10.6. The number of hydrogen-bond donors (Lipinski definition) is 1. The maximum atomic E-state index is 13.3. The van der Waals surface area contributed by atoms with Crippen LogP contribution in [-0.2, 0) is 6.42 Å². The molecule has 1 rings (SSSR count). The third kappa shape index (κ3) is 3.46. The molecule has 0 atom stereocenters. The molecule has 0 unspecified atom stereocenters. The minimum atomic E-state index is -0.0962. The van der Waals surface area contributed by atoms with E-state index in [9.17, 15) is 4.39 Å². The Labute approximate surface area is 85.3 Å². The highest BCUT2D eigenvalue weighted by atomic mass is 19.1. The highest BCUT2D eigenvalue weighted by Gasteiger charge is 2.01. The number of nitrogens with one attached hydrogen (secondary N) is 1. The van der Waals surface area contributed by atoms with Gasteiger partial charge >= 0.3 is 0 Å². The van der Waals surface area contributed by atoms with Crippen molar-refractivity contribution in [2.45, 2.75) is 33.2 Å². The summed E-state index contributed by atoms with van der Waals surface area (Å²) in [4.78, 5) is 0. The molecule has 0 aliphatic rings. The molecule has 0 saturated heterocycles. The highest BCUT2D eigenvalue weighted by molar-refractivity contribution is 5.24. The van der Waals surface area contributed by atoms with Crippen LogP contribution >= 0.6 is 0 Å². The first-order valence-electron chi connectivity index (χ1n) is 5.08. The molecule has 1 aromatic carbocycles. The first kappa shape index (κ1) is 11.2. The molecule has 0 saturated carbocycles. The van der Waals surface area contributed by atoms with Crippen molar-refractivity contribution in [1.82, 2.24) is 5.32 Å². The van der Waals surface area contributed by atoms with Gasteiger partial charge in [-0.25, -0.2) is 4.39 Å². The van der Waals surface area contributed by atoms with E-state index >= 15 is 0 Å². The van der Waals surface area contributed by atoms with E-state index < -0.39 is 0 Å². The highest BCUT2D eigenvalue weighted by Crippen LogP contribution is 2.10. The summed E-state index contributed by atoms with van der Waals surface area (Å²) in [6.45, 7) is 7.00. The van der Waals surface area contributed by atoms with E-state index in [0.29, 0.717) is 6.04 Å². The van der Waals surface area contributed by atoms with Gasteiger partial charge in [-0.2, -0.15) is 0 Å². The monoisotopic (exact) mass is 195 g/mol. The van der Waals surface area contributed by atoms with Crippen molar-refractivity contribution in [2.24, 2.45) is 0 Å². The van der Waals surface area contributed by atoms with Crippen molar-refractivity contribution in [2.75, 3.05) is 6.54 Å². The van der Waals surface area contributed by atoms with Crippen LogP contribution in [0.15, 0.2) is 18.2 Å². The van der Waals surface area contributed by atoms with Crippen molar-refractivity contribution in [3.8, 4) is 0 Å². The SMILES string of the molecule is Cc1ccc(F)c(CCNC(C)C)c1. The van der Waals surface area contributed by atoms with Gasteiger partial charge in [0.05, 0.1) is 0 Å². The lowest BCUT2D eigenvalue weighted by molar-refractivity contribution is 0.568. The Morgan fingerprint density at radius 2 is 2.07 bits per heavy atom. The number of rotatable bonds is 4. The second-order valence-electron chi connectivity index (χ2n) is 3.95. The Kier molecular flexibility index (Phi) is 4.08. The predicted molar refractivity (Wildman–Crippen MR) is 58.0 cm³/mol. The average Bonchev–Trinajstić information content (AvgIpc) is 2.10. The second-order valence-corrected chi connectivity index (χ2v) is 3.95. The van der Waals surface area contributed by atoms with E-state index in [-0.39, 0.29) is 5.82 Å². The summed E-state index contributed by atoms with van der Waals surface area (Å²) in [6.07, 6.45) is 0.756. The fourth-order valence-corrected chi connectivity index (χ4v) is 1.39. The van der Waals surface area contributed by atoms with Crippen molar-refractivity contribution in [3.63, 3.8) is 0 Å². The number of halogens is 1. The lowest BCUT2D eigenvalue weighted by Crippen LogP contribution is -2.25. The maximum absolute atomic E-state index is 13.3. The van der Waals surface area contributed by atoms with Gasteiger partial charge in [0, 0.05) is 6.04 Å². The number of hydrogen-bond acceptors (Lipinski definition) is 1. The van der Waals surface area contributed by atoms with Crippen LogP contribution in [0.2, 0.25) is 0 Å². The Hall–Kier alpha value is -0.890. The van der Waals surface area contributed by atoms with Gasteiger partial charge in [-0.1, -0.05) is 31.5 Å². The summed E-state index contributed by atoms with van der Waals surface area (Å²) in [6, 6.07) is 5.72. The van der Waals surface area contributed by atoms with Crippen molar-refractivity contribution < 1.29 is 4.39 Å². The van der Waals surface area contributed by atoms with Crippen LogP contribution in [0, 0.1) is 12.7 Å². The van der Waals surface area contributed by atoms with E-state index in [4.69, 9.17) is 0 Å². The molecule has 0 spiro atoms. The third-order valence-corrected chi connectivity index (χ3v) is 2.15. The van der Waals surface area contributed by atoms with Gasteiger partial charge in [0.15, 0.2) is 0 Å². The average molecular weight is 195 g/mol. The zero-order valence-corrected chi connectivity index (χ0v) is 9.10. The van der Waals surface area contributed by atoms with Crippen LogP contribution in [0.5, 0.6) is 0 Å². The Bertz CT molecular complexity index is 294. The quantitative estimate of drug-likeness (QED) is 0.779. The molecule has 0 aromatic heterocycles. The lowest BCUT2D eigenvalue weighted by Gasteiger charge is -2.08. The van der Waals surface area contributed by atoms with Gasteiger partial charge in [0.2, 0.25) is 0 Å². The molecule has 1 aromatic rings. The van der Waals surface area contributed by atoms with E-state index in [0.717, 1.165) is 24.1 Å². The standard InChI is InChI=1S/C12H18FN/c1-9(2)14-7-6-11-8-10(3)4-5-12(11)13/h4-5,8-9,14H,6-7H2,1-3H3. The smallest absolute Gasteiger partial charge is 0.126 e. The van der Waals surface area contributed by atoms with Crippen LogP contribution < -0.4 is 5.32 Å². The molecule has 0 radical (unpaired) electrons. The molecule has 78 valence electrons. The molecule has 0 amide bonds. The molecule has 0 fully saturated rings. The molecular formula is C12H18FN. The first-order valence-corrected chi connectivity index (χ1v) is 5.08. The molecule has 14 heavy (non-hydrogen) atoms. The van der Waals surface area contributed by atoms with Crippen LogP contribution in [0.3, 0.4) is 0 Å². The van der Waals surface area contributed by atoms with Gasteiger partial charge in [-0.15, -0.1) is 0 Å². The van der Waals surface area contributed by atoms with E-state index in [1.54, 1.807) is 12.1 Å². The zero-order valence-electron chi connectivity index (χ0n) is 9.10. The van der Waals surface area contributed by atoms with Crippen LogP contribution in [-0.4, -0.2) is 12.6 Å². The minimum absolute atomic E-state index is 0.0962. The third-order valence-electron chi connectivity index (χ3n) is 2.15. The Morgan fingerprint density at radius 1 is 1.36 bits per heavy atom. The largest absolute Gasteiger partial charge is 0.314 e. The fraction of sp³-hybridized carbons (Fsp3) is 0.500. The predicted octanol–water partition coefficient (Wildman–Crippen LogP) is 2.67. The van der Waals surface area contributed by atoms with E-state index in [1.807, 2.05) is 13.0 Å². The molecule has 0 aliphatic heterocycles. The second kappa shape index (κ2) is 5.11. The molecule has 0 heterocycles. The van der Waals surface area contributed by atoms with Crippen molar-refractivity contribution in [3.05, 3.63) is 35.1 Å². The van der Waals surface area contributed by atoms with E-state index in [1.165, 1.54) is 0 Å². The van der Waals surface area contributed by atoms with Crippen molar-refractivity contribution in [1.29, 1.82) is 0 Å². The topological polar surface area (TPSA) is 12.0 Å². The minimum Gasteiger partial charge on any atom is -0.314 e. The van der Waals surface area contributed by atoms with Crippen molar-refractivity contribution >= 4 is 0 Å². The molecule has 1 nitrogen and oxygen atoms in total. The Balaban J connectivity index is 2.53. The van der Waals surface area contributed by atoms with E-state index in [2.05, 4.69) is 19.2 Å². The molecular weight excluding hydrogens is 177 g/mol. The van der Waals surface area contributed by atoms with Gasteiger partial charge in [-0.3, -0.25) is 0 Å². The molecule has 0 aliphatic carbocycles. The van der Waals surface area contributed by atoms with Gasteiger partial charge in [0.1, 0.15) is 5.82 Å². The lowest BCUT2D eigenvalue weighted by atomic mass is 10.1. The molecule has 2 heteroatoms. The summed E-state index contributed by atoms with van der Waals surface area (Å²) in [5.41, 5.74) is 1.92. The van der Waals surface area contributed by atoms with Gasteiger partial charge < -0.3 is 5.32 Å². The van der Waals surface area contributed by atoms with Crippen LogP contribution in [0.1, 0.15) is 25.0 Å². The maximum Gasteiger partial charge on any atom is 0.126 e. The van der Waals surface area contributed by atoms with Crippen LogP contribution in [0.4, 0.5) is 4.39 Å². The van der Waals surface area contributed by atoms with Crippen LogP contribution in [0.25, 0.3) is 0 Å². The summed E-state index contributed by atoms with van der Waals surface area (Å²) >= 11 is 0. The van der Waals surface area contributed by atoms with Gasteiger partial charge in [0.25, 0.3) is 0 Å². The summed E-state index contributed by atoms with van der Waals surface area (Å²) < 4.78 is 13.3. The fourth-order valence-electron chi connectivity index (χ4n) is 1.39. The Morgan fingerprint density at radius 3 is 2.71 bits per heavy atom. The molecule has 0 bridgehead atoms. The normalized spacial score (nSPS) is 10.9. The van der Waals surface area contributed by atoms with Gasteiger partial charge in [-0.05, 0) is 31.5 Å². The summed E-state index contributed by atoms with van der Waals surface area (Å²) in [5, 5.41) is 3.27. The number of benzene rings is 1. The summed E-state index contributed by atoms with van der Waals surface area (Å²) in [5.74, 6) is -0.0962. The summed E-state index contributed by atoms with van der Waals surface area (Å²) in [7, 11) is 0. The first-order chi connectivity index (χ1) is 6.59. The molecule has 1 N–H and O–H groups in total. The number of aryl methyl sites for hydroxylation is 1.